The predicted molar refractivity (Wildman–Crippen MR) is 170 cm³/mol. The van der Waals surface area contributed by atoms with E-state index in [-0.39, 0.29) is 40.5 Å². The van der Waals surface area contributed by atoms with Crippen LogP contribution in [-0.2, 0) is 24.0 Å². The minimum absolute atomic E-state index is 0.0505. The van der Waals surface area contributed by atoms with Gasteiger partial charge in [-0.15, -0.1) is 40.4 Å². The molecule has 0 aromatic carbocycles. The molecule has 46 heavy (non-hydrogen) atoms. The highest BCUT2D eigenvalue weighted by Crippen LogP contribution is 2.43. The fourth-order valence-corrected chi connectivity index (χ4v) is 7.79. The van der Waals surface area contributed by atoms with E-state index in [4.69, 9.17) is 16.4 Å². The number of thiazole rings is 1. The van der Waals surface area contributed by atoms with Crippen molar-refractivity contribution in [3.8, 4) is 0 Å². The number of amides is 3. The van der Waals surface area contributed by atoms with Crippen molar-refractivity contribution in [2.75, 3.05) is 24.0 Å². The van der Waals surface area contributed by atoms with Crippen LogP contribution in [-0.4, -0.2) is 100 Å². The lowest BCUT2D eigenvalue weighted by molar-refractivity contribution is -0.150. The quantitative estimate of drug-likeness (QED) is 0.0491. The Morgan fingerprint density at radius 2 is 2.07 bits per heavy atom. The molecule has 2 atom stereocenters. The first-order valence-electron chi connectivity index (χ1n) is 13.5. The summed E-state index contributed by atoms with van der Waals surface area (Å²) in [7, 11) is 0. The number of fused-ring (bicyclic) bond motifs is 2. The number of aliphatic carboxylic acids is 1. The number of nitrogens with one attached hydrogen (secondary N) is 3. The molecule has 5 heterocycles. The number of hydrazine groups is 3. The van der Waals surface area contributed by atoms with E-state index in [1.54, 1.807) is 11.2 Å². The maximum Gasteiger partial charge on any atom is 0.352 e. The van der Waals surface area contributed by atoms with Crippen LogP contribution < -0.4 is 27.9 Å². The average molecular weight is 694 g/mol. The predicted octanol–water partition coefficient (Wildman–Crippen LogP) is -0.822. The van der Waals surface area contributed by atoms with E-state index in [2.05, 4.69) is 26.0 Å². The fourth-order valence-electron chi connectivity index (χ4n) is 4.59. The molecule has 0 saturated carbocycles. The van der Waals surface area contributed by atoms with E-state index in [0.29, 0.717) is 11.4 Å². The van der Waals surface area contributed by atoms with Crippen LogP contribution in [0.25, 0.3) is 0 Å². The summed E-state index contributed by atoms with van der Waals surface area (Å²) in [5.74, 6) is 2.86. The molecule has 1 unspecified atom stereocenters. The van der Waals surface area contributed by atoms with Crippen molar-refractivity contribution in [1.29, 1.82) is 0 Å². The van der Waals surface area contributed by atoms with Gasteiger partial charge in [-0.25, -0.2) is 25.6 Å². The van der Waals surface area contributed by atoms with E-state index < -0.39 is 40.7 Å². The van der Waals surface area contributed by atoms with E-state index >= 15 is 0 Å². The third kappa shape index (κ3) is 6.16. The summed E-state index contributed by atoms with van der Waals surface area (Å²) < 4.78 is 0. The van der Waals surface area contributed by atoms with Gasteiger partial charge in [-0.1, -0.05) is 5.16 Å². The number of aromatic nitrogens is 1. The maximum atomic E-state index is 13.4. The van der Waals surface area contributed by atoms with Crippen molar-refractivity contribution < 1.29 is 34.2 Å². The Morgan fingerprint density at radius 1 is 1.33 bits per heavy atom. The van der Waals surface area contributed by atoms with Crippen molar-refractivity contribution in [1.82, 2.24) is 36.2 Å². The summed E-state index contributed by atoms with van der Waals surface area (Å²) in [6, 6.07) is -1.07. The highest BCUT2D eigenvalue weighted by molar-refractivity contribution is 8.03. The van der Waals surface area contributed by atoms with E-state index in [9.17, 15) is 29.4 Å². The highest BCUT2D eigenvalue weighted by Gasteiger charge is 2.54. The molecule has 1 aromatic rings. The number of anilines is 1. The van der Waals surface area contributed by atoms with Crippen LogP contribution in [0.3, 0.4) is 0 Å². The Labute approximate surface area is 274 Å². The summed E-state index contributed by atoms with van der Waals surface area (Å²) in [6.45, 7) is 6.23. The Kier molecular flexibility index (Phi) is 9.33. The molecule has 0 radical (unpaired) electrons. The van der Waals surface area contributed by atoms with Gasteiger partial charge in [0.1, 0.15) is 29.5 Å². The van der Waals surface area contributed by atoms with Crippen molar-refractivity contribution in [2.45, 2.75) is 44.7 Å². The van der Waals surface area contributed by atoms with Crippen LogP contribution in [0.2, 0.25) is 0 Å². The van der Waals surface area contributed by atoms with Gasteiger partial charge in [-0.05, 0) is 33.3 Å². The number of hydrogen-bond acceptors (Lipinski definition) is 17. The first kappa shape index (κ1) is 33.2. The second-order valence-corrected chi connectivity index (χ2v) is 13.6. The number of oxime groups is 1. The lowest BCUT2D eigenvalue weighted by Gasteiger charge is -2.49. The van der Waals surface area contributed by atoms with Gasteiger partial charge < -0.3 is 26.1 Å². The summed E-state index contributed by atoms with van der Waals surface area (Å²) in [5.41, 5.74) is 10.9. The molecular weight excluding hydrogens is 663 g/mol. The monoisotopic (exact) mass is 693 g/mol. The lowest BCUT2D eigenvalue weighted by Crippen LogP contribution is -2.71. The molecule has 0 spiro atoms. The fraction of sp³-hybridized carbons (Fsp3) is 0.400. The number of carboxylic acids is 1. The van der Waals surface area contributed by atoms with Gasteiger partial charge in [0.05, 0.1) is 11.2 Å². The van der Waals surface area contributed by atoms with Crippen LogP contribution in [0, 0.1) is 0 Å². The van der Waals surface area contributed by atoms with Gasteiger partial charge in [0, 0.05) is 28.2 Å². The lowest BCUT2D eigenvalue weighted by atomic mass is 10.0. The number of carbonyl (C=O) groups is 4. The molecule has 246 valence electrons. The number of aliphatic hydroxyl groups is 1. The van der Waals surface area contributed by atoms with Crippen LogP contribution in [0.1, 0.15) is 33.4 Å². The number of nitrogens with two attached hydrogens (primary N) is 2. The van der Waals surface area contributed by atoms with Gasteiger partial charge in [-0.3, -0.25) is 29.7 Å². The van der Waals surface area contributed by atoms with Crippen LogP contribution in [0.5, 0.6) is 0 Å². The summed E-state index contributed by atoms with van der Waals surface area (Å²) in [4.78, 5) is 66.4. The van der Waals surface area contributed by atoms with Crippen LogP contribution in [0.15, 0.2) is 49.4 Å². The zero-order valence-electron chi connectivity index (χ0n) is 24.9. The van der Waals surface area contributed by atoms with Gasteiger partial charge in [0.2, 0.25) is 5.60 Å². The number of aliphatic hydroxyl groups excluding tert-OH is 1. The van der Waals surface area contributed by atoms with E-state index in [0.717, 1.165) is 27.7 Å². The normalized spacial score (nSPS) is 21.4. The number of hydrogen-bond donors (Lipinski definition) is 7. The summed E-state index contributed by atoms with van der Waals surface area (Å²) in [5, 5.41) is 31.0. The molecule has 0 bridgehead atoms. The number of allylic oxidation sites excluding steroid dienone is 1. The topological polar surface area (TPSA) is 253 Å². The standard InChI is InChI=1S/C25H31N11O7S3/c1-10-11(2)28-14-5-34(9-37)33-36(14)20(10)44-6-12-7-45-21-16(19(39)35(21)17(12)22(40)41)30-18(38)15(13-8-46-24(26)29-13)32-43-25(3,4)23(42)31-27/h5,8,16,21,33,37H,6-7,9,27H2,1-4H3,(H2,26,29)(H,30,38)(H,31,42)(H,40,41)/b32-15-/t16?,21-/m1/s1. The molecule has 3 amide bonds. The Bertz CT molecular complexity index is 1650. The highest BCUT2D eigenvalue weighted by atomic mass is 32.2. The number of nitrogen functional groups attached to an aromatic ring is 1. The molecule has 21 heteroatoms. The number of carboxylic acid groups (broad SMARTS) is 1. The molecule has 1 saturated heterocycles. The van der Waals surface area contributed by atoms with Crippen LogP contribution >= 0.6 is 34.9 Å². The summed E-state index contributed by atoms with van der Waals surface area (Å²) in [6.07, 6.45) is 1.65. The largest absolute Gasteiger partial charge is 0.477 e. The third-order valence-electron chi connectivity index (χ3n) is 7.17. The number of nitrogens with zero attached hydrogens (tertiary/aromatic N) is 6. The zero-order chi connectivity index (χ0) is 33.5. The molecule has 5 rings (SSSR count). The Balaban J connectivity index is 1.33. The first-order chi connectivity index (χ1) is 21.8. The van der Waals surface area contributed by atoms with Gasteiger partial charge in [0.25, 0.3) is 17.7 Å². The van der Waals surface area contributed by atoms with Crippen molar-refractivity contribution >= 4 is 75.1 Å². The second kappa shape index (κ2) is 12.9. The smallest absolute Gasteiger partial charge is 0.352 e. The number of β-lactam (4-membered cyclic amide) rings is 1. The number of rotatable bonds is 11. The maximum absolute atomic E-state index is 13.4. The Morgan fingerprint density at radius 3 is 2.70 bits per heavy atom. The number of thioether (sulfide) groups is 2. The van der Waals surface area contributed by atoms with E-state index in [1.165, 1.54) is 52.7 Å². The van der Waals surface area contributed by atoms with Crippen molar-refractivity contribution in [3.63, 3.8) is 0 Å². The first-order valence-corrected chi connectivity index (χ1v) is 16.4. The second-order valence-electron chi connectivity index (χ2n) is 10.7. The van der Waals surface area contributed by atoms with Gasteiger partial charge in [0.15, 0.2) is 16.7 Å². The van der Waals surface area contributed by atoms with Crippen molar-refractivity contribution in [3.05, 3.63) is 45.0 Å². The zero-order valence-corrected chi connectivity index (χ0v) is 27.4. The molecule has 1 fully saturated rings. The molecule has 0 aliphatic carbocycles. The molecule has 4 aliphatic rings. The molecule has 4 aliphatic heterocycles. The molecule has 18 nitrogen and oxygen atoms in total. The van der Waals surface area contributed by atoms with Gasteiger partial charge >= 0.3 is 5.97 Å². The third-order valence-corrected chi connectivity index (χ3v) is 10.4. The van der Waals surface area contributed by atoms with Crippen LogP contribution in [0.4, 0.5) is 5.13 Å². The number of aliphatic imine (C=N–C) groups is 1. The minimum Gasteiger partial charge on any atom is -0.477 e. The SMILES string of the molecule is CC1=NC2=CN(CO)NN2C(SCC2=C(C(=O)O)N3C(=O)C(NC(=O)/C(=N\OC(C)(C)C(=O)NN)c4csc(N)n4)[C@H]3SC2)=C1C. The molecular formula is C25H31N11O7S3. The minimum atomic E-state index is -1.56. The molecule has 1 aromatic heterocycles. The Hall–Kier alpha value is -4.15. The molecule has 9 N–H and O–H groups in total. The van der Waals surface area contributed by atoms with E-state index in [1.807, 2.05) is 19.3 Å². The van der Waals surface area contributed by atoms with Gasteiger partial charge in [-0.2, -0.15) is 0 Å². The van der Waals surface area contributed by atoms with Crippen molar-refractivity contribution in [2.24, 2.45) is 16.0 Å². The average Bonchev–Trinajstić information content (AvgIpc) is 3.64. The number of carbonyl (C=O) groups excluding carboxylic acids is 3. The summed E-state index contributed by atoms with van der Waals surface area (Å²) >= 11 is 3.72.